The molecule has 0 aliphatic carbocycles. The number of rotatable bonds is 18. The first-order valence-corrected chi connectivity index (χ1v) is 15.0. The molecule has 0 spiro atoms. The van der Waals surface area contributed by atoms with Crippen molar-refractivity contribution >= 4 is 24.4 Å². The summed E-state index contributed by atoms with van der Waals surface area (Å²) in [7, 11) is 0. The normalized spacial score (nSPS) is 13.7. The van der Waals surface area contributed by atoms with Crippen LogP contribution in [0.5, 0.6) is 11.5 Å². The van der Waals surface area contributed by atoms with Crippen LogP contribution in [0.25, 0.3) is 0 Å². The molecule has 1 aromatic rings. The van der Waals surface area contributed by atoms with Crippen molar-refractivity contribution in [2.45, 2.75) is 118 Å². The summed E-state index contributed by atoms with van der Waals surface area (Å²) in [5, 5.41) is 0. The second kappa shape index (κ2) is 20.4. The van der Waals surface area contributed by atoms with Crippen molar-refractivity contribution in [2.75, 3.05) is 13.2 Å². The van der Waals surface area contributed by atoms with Crippen LogP contribution in [0.3, 0.4) is 0 Å². The first-order valence-electron chi connectivity index (χ1n) is 15.0. The lowest BCUT2D eigenvalue weighted by Gasteiger charge is -2.23. The van der Waals surface area contributed by atoms with Gasteiger partial charge in [-0.3, -0.25) is 4.79 Å². The third kappa shape index (κ3) is 15.5. The summed E-state index contributed by atoms with van der Waals surface area (Å²) in [5.74, 6) is -0.790. The lowest BCUT2D eigenvalue weighted by molar-refractivity contribution is -0.155. The van der Waals surface area contributed by atoms with Crippen LogP contribution in [0.1, 0.15) is 92.6 Å². The molecule has 1 rings (SSSR count). The first-order chi connectivity index (χ1) is 20.4. The molecule has 244 valence electrons. The molecular formula is C31H49NO11. The van der Waals surface area contributed by atoms with E-state index >= 15 is 0 Å². The van der Waals surface area contributed by atoms with Crippen molar-refractivity contribution in [3.8, 4) is 11.5 Å². The SMILES string of the molecule is CCCCCOC(=O)Oc1ccc(C[C@H](N)C(=O)O[C@@H](C)C(C)OC(=O)OC(C)C(C)C)cc1OC(=O)OCCCCC. The van der Waals surface area contributed by atoms with Gasteiger partial charge in [0.2, 0.25) is 0 Å². The number of carbonyl (C=O) groups excluding carboxylic acids is 4. The molecule has 0 aromatic heterocycles. The van der Waals surface area contributed by atoms with Crippen LogP contribution in [0, 0.1) is 5.92 Å². The lowest BCUT2D eigenvalue weighted by atomic mass is 10.1. The quantitative estimate of drug-likeness (QED) is 0.0834. The van der Waals surface area contributed by atoms with Crippen LogP contribution < -0.4 is 15.2 Å². The molecule has 12 nitrogen and oxygen atoms in total. The first kappa shape index (κ1) is 37.5. The van der Waals surface area contributed by atoms with Crippen LogP contribution in [-0.4, -0.2) is 62.0 Å². The Bertz CT molecular complexity index is 1010. The molecule has 0 heterocycles. The average molecular weight is 612 g/mol. The third-order valence-corrected chi connectivity index (χ3v) is 6.55. The van der Waals surface area contributed by atoms with E-state index in [1.54, 1.807) is 26.8 Å². The van der Waals surface area contributed by atoms with E-state index in [-0.39, 0.29) is 43.2 Å². The molecule has 0 radical (unpaired) electrons. The second-order valence-corrected chi connectivity index (χ2v) is 10.7. The van der Waals surface area contributed by atoms with Crippen LogP contribution in [0.2, 0.25) is 0 Å². The Morgan fingerprint density at radius 3 is 1.72 bits per heavy atom. The van der Waals surface area contributed by atoms with Gasteiger partial charge in [-0.2, -0.15) is 0 Å². The zero-order valence-electron chi connectivity index (χ0n) is 26.6. The highest BCUT2D eigenvalue weighted by Gasteiger charge is 2.26. The van der Waals surface area contributed by atoms with Crippen LogP contribution in [0.4, 0.5) is 14.4 Å². The van der Waals surface area contributed by atoms with E-state index in [1.807, 2.05) is 27.7 Å². The molecule has 0 saturated carbocycles. The average Bonchev–Trinajstić information content (AvgIpc) is 2.94. The van der Waals surface area contributed by atoms with Crippen LogP contribution in [-0.2, 0) is 34.9 Å². The largest absolute Gasteiger partial charge is 0.513 e. The molecule has 2 unspecified atom stereocenters. The van der Waals surface area contributed by atoms with Gasteiger partial charge in [0, 0.05) is 0 Å². The van der Waals surface area contributed by atoms with Gasteiger partial charge in [-0.15, -0.1) is 0 Å². The van der Waals surface area contributed by atoms with Gasteiger partial charge in [-0.1, -0.05) is 59.4 Å². The monoisotopic (exact) mass is 611 g/mol. The minimum atomic E-state index is -1.10. The molecule has 4 atom stereocenters. The van der Waals surface area contributed by atoms with Gasteiger partial charge in [-0.05, 0) is 63.6 Å². The van der Waals surface area contributed by atoms with Gasteiger partial charge >= 0.3 is 24.4 Å². The van der Waals surface area contributed by atoms with Crippen LogP contribution >= 0.6 is 0 Å². The zero-order valence-corrected chi connectivity index (χ0v) is 26.6. The maximum absolute atomic E-state index is 12.7. The number of benzene rings is 1. The third-order valence-electron chi connectivity index (χ3n) is 6.55. The number of ether oxygens (including phenoxy) is 7. The molecule has 0 fully saturated rings. The number of unbranched alkanes of at least 4 members (excludes halogenated alkanes) is 4. The van der Waals surface area contributed by atoms with Gasteiger partial charge in [0.1, 0.15) is 24.4 Å². The van der Waals surface area contributed by atoms with Crippen molar-refractivity contribution in [1.29, 1.82) is 0 Å². The van der Waals surface area contributed by atoms with Crippen LogP contribution in [0.15, 0.2) is 18.2 Å². The minimum absolute atomic E-state index is 0.00160. The van der Waals surface area contributed by atoms with Crippen molar-refractivity contribution < 1.29 is 52.3 Å². The summed E-state index contributed by atoms with van der Waals surface area (Å²) in [6.45, 7) is 13.1. The standard InChI is InChI=1S/C31H49NO11/c1-8-10-12-16-37-29(34)42-26-15-14-24(19-27(26)43-30(35)38-17-13-11-9-2)18-25(32)28(33)39-22(6)23(7)41-31(36)40-21(5)20(3)4/h14-15,19-23,25H,8-13,16-18,32H2,1-7H3/t21?,22-,23?,25-/m0/s1. The number of nitrogens with two attached hydrogens (primary N) is 1. The van der Waals surface area contributed by atoms with Gasteiger partial charge in [0.15, 0.2) is 11.5 Å². The van der Waals surface area contributed by atoms with E-state index in [0.717, 1.165) is 25.7 Å². The predicted molar refractivity (Wildman–Crippen MR) is 158 cm³/mol. The van der Waals surface area contributed by atoms with E-state index < -0.39 is 42.7 Å². The fourth-order valence-electron chi connectivity index (χ4n) is 3.36. The fourth-order valence-corrected chi connectivity index (χ4v) is 3.36. The Hall–Kier alpha value is -3.54. The highest BCUT2D eigenvalue weighted by Crippen LogP contribution is 2.30. The van der Waals surface area contributed by atoms with Gasteiger partial charge in [0.05, 0.1) is 13.2 Å². The Morgan fingerprint density at radius 1 is 0.674 bits per heavy atom. The topological polar surface area (TPSA) is 159 Å². The van der Waals surface area contributed by atoms with E-state index in [2.05, 4.69) is 0 Å². The summed E-state index contributed by atoms with van der Waals surface area (Å²) in [4.78, 5) is 49.2. The summed E-state index contributed by atoms with van der Waals surface area (Å²) in [6, 6.07) is 3.28. The van der Waals surface area contributed by atoms with E-state index in [0.29, 0.717) is 18.4 Å². The minimum Gasteiger partial charge on any atom is -0.458 e. The molecule has 2 N–H and O–H groups in total. The Labute approximate surface area is 254 Å². The maximum Gasteiger partial charge on any atom is 0.513 e. The summed E-state index contributed by atoms with van der Waals surface area (Å²) >= 11 is 0. The van der Waals surface area contributed by atoms with Crippen molar-refractivity contribution in [3.63, 3.8) is 0 Å². The van der Waals surface area contributed by atoms with Gasteiger partial charge in [0.25, 0.3) is 0 Å². The molecule has 1 aromatic carbocycles. The number of carbonyl (C=O) groups is 4. The van der Waals surface area contributed by atoms with Crippen molar-refractivity contribution in [2.24, 2.45) is 11.7 Å². The highest BCUT2D eigenvalue weighted by molar-refractivity contribution is 5.76. The van der Waals surface area contributed by atoms with Gasteiger partial charge in [-0.25, -0.2) is 14.4 Å². The van der Waals surface area contributed by atoms with E-state index in [4.69, 9.17) is 38.9 Å². The van der Waals surface area contributed by atoms with E-state index in [9.17, 15) is 19.2 Å². The molecule has 12 heteroatoms. The molecule has 0 amide bonds. The Morgan fingerprint density at radius 2 is 1.19 bits per heavy atom. The molecule has 0 bridgehead atoms. The molecule has 0 saturated heterocycles. The molecule has 0 aliphatic heterocycles. The van der Waals surface area contributed by atoms with Crippen molar-refractivity contribution in [1.82, 2.24) is 0 Å². The summed E-state index contributed by atoms with van der Waals surface area (Å²) in [5.41, 5.74) is 6.59. The molecular weight excluding hydrogens is 562 g/mol. The fraction of sp³-hybridized carbons (Fsp3) is 0.677. The molecule has 0 aliphatic rings. The maximum atomic E-state index is 12.7. The number of esters is 1. The Balaban J connectivity index is 2.87. The highest BCUT2D eigenvalue weighted by atomic mass is 16.8. The van der Waals surface area contributed by atoms with E-state index in [1.165, 1.54) is 12.1 Å². The van der Waals surface area contributed by atoms with Gasteiger partial charge < -0.3 is 38.9 Å². The lowest BCUT2D eigenvalue weighted by Crippen LogP contribution is -2.39. The summed E-state index contributed by atoms with van der Waals surface area (Å²) in [6.07, 6.45) is 0.373. The number of hydrogen-bond donors (Lipinski definition) is 1. The second-order valence-electron chi connectivity index (χ2n) is 10.7. The smallest absolute Gasteiger partial charge is 0.458 e. The van der Waals surface area contributed by atoms with Crippen molar-refractivity contribution in [3.05, 3.63) is 23.8 Å². The molecule has 43 heavy (non-hydrogen) atoms. The zero-order chi connectivity index (χ0) is 32.4. The summed E-state index contributed by atoms with van der Waals surface area (Å²) < 4.78 is 36.6. The number of hydrogen-bond acceptors (Lipinski definition) is 12. The predicted octanol–water partition coefficient (Wildman–Crippen LogP) is 6.49. The Kier molecular flexibility index (Phi) is 17.8.